The van der Waals surface area contributed by atoms with Gasteiger partial charge in [0.1, 0.15) is 5.75 Å². The van der Waals surface area contributed by atoms with Gasteiger partial charge in [-0.05, 0) is 48.6 Å². The van der Waals surface area contributed by atoms with Gasteiger partial charge in [-0.3, -0.25) is 9.98 Å². The van der Waals surface area contributed by atoms with Crippen molar-refractivity contribution in [1.82, 2.24) is 4.98 Å². The Morgan fingerprint density at radius 2 is 1.81 bits per heavy atom. The minimum Gasteiger partial charge on any atom is -0.493 e. The number of rotatable bonds is 8. The summed E-state index contributed by atoms with van der Waals surface area (Å²) in [5.41, 5.74) is 4.63. The van der Waals surface area contributed by atoms with Crippen LogP contribution in [0, 0.1) is 0 Å². The number of hydrogen-bond donors (Lipinski definition) is 0. The van der Waals surface area contributed by atoms with Gasteiger partial charge in [0.2, 0.25) is 0 Å². The molecule has 0 saturated heterocycles. The molecule has 0 fully saturated rings. The smallest absolute Gasteiger partial charge is 0.119 e. The van der Waals surface area contributed by atoms with Gasteiger partial charge in [0.15, 0.2) is 0 Å². The van der Waals surface area contributed by atoms with Gasteiger partial charge in [0, 0.05) is 24.0 Å². The highest BCUT2D eigenvalue weighted by Gasteiger charge is 2.22. The zero-order valence-corrected chi connectivity index (χ0v) is 16.4. The van der Waals surface area contributed by atoms with E-state index in [2.05, 4.69) is 54.7 Å². The van der Waals surface area contributed by atoms with Crippen LogP contribution in [0.4, 0.5) is 0 Å². The molecule has 0 saturated carbocycles. The first-order chi connectivity index (χ1) is 12.7. The quantitative estimate of drug-likeness (QED) is 0.640. The van der Waals surface area contributed by atoms with E-state index in [1.54, 1.807) is 0 Å². The number of thioether (sulfide) groups is 1. The number of nitrogens with zero attached hydrogens (tertiary/aromatic N) is 2. The first-order valence-electron chi connectivity index (χ1n) is 9.26. The molecule has 1 aliphatic rings. The molecule has 2 heterocycles. The van der Waals surface area contributed by atoms with Crippen LogP contribution < -0.4 is 4.74 Å². The molecule has 0 radical (unpaired) electrons. The topological polar surface area (TPSA) is 34.5 Å². The Morgan fingerprint density at radius 1 is 1.04 bits per heavy atom. The molecule has 0 amide bonds. The van der Waals surface area contributed by atoms with E-state index in [4.69, 9.17) is 4.74 Å². The number of aromatic nitrogens is 1. The highest BCUT2D eigenvalue weighted by atomic mass is 32.2. The van der Waals surface area contributed by atoms with Crippen molar-refractivity contribution in [2.75, 3.05) is 6.61 Å². The molecular weight excluding hydrogens is 340 g/mol. The van der Waals surface area contributed by atoms with Gasteiger partial charge in [-0.15, -0.1) is 11.8 Å². The van der Waals surface area contributed by atoms with Crippen molar-refractivity contribution < 1.29 is 4.74 Å². The van der Waals surface area contributed by atoms with Gasteiger partial charge in [-0.25, -0.2) is 0 Å². The fraction of sp³-hybridized carbons (Fsp3) is 0.364. The van der Waals surface area contributed by atoms with E-state index < -0.39 is 0 Å². The third kappa shape index (κ3) is 4.98. The van der Waals surface area contributed by atoms with Crippen molar-refractivity contribution in [1.29, 1.82) is 0 Å². The maximum absolute atomic E-state index is 5.86. The maximum atomic E-state index is 5.86. The highest BCUT2D eigenvalue weighted by molar-refractivity contribution is 8.15. The van der Waals surface area contributed by atoms with Crippen LogP contribution >= 0.6 is 11.8 Å². The van der Waals surface area contributed by atoms with E-state index in [0.29, 0.717) is 11.9 Å². The highest BCUT2D eigenvalue weighted by Crippen LogP contribution is 2.33. The fourth-order valence-corrected chi connectivity index (χ4v) is 3.96. The third-order valence-electron chi connectivity index (χ3n) is 4.49. The lowest BCUT2D eigenvalue weighted by Gasteiger charge is -2.11. The molecule has 3 rings (SSSR count). The maximum Gasteiger partial charge on any atom is 0.119 e. The largest absolute Gasteiger partial charge is 0.493 e. The first-order valence-corrected chi connectivity index (χ1v) is 10.1. The number of benzene rings is 1. The van der Waals surface area contributed by atoms with Crippen molar-refractivity contribution >= 4 is 16.8 Å². The summed E-state index contributed by atoms with van der Waals surface area (Å²) in [4.78, 5) is 9.01. The van der Waals surface area contributed by atoms with Crippen molar-refractivity contribution in [2.24, 2.45) is 4.99 Å². The Morgan fingerprint density at radius 3 is 2.42 bits per heavy atom. The number of pyridine rings is 1. The molecule has 136 valence electrons. The summed E-state index contributed by atoms with van der Waals surface area (Å²) in [5, 5.41) is 1.56. The van der Waals surface area contributed by atoms with E-state index in [-0.39, 0.29) is 0 Å². The van der Waals surface area contributed by atoms with Crippen LogP contribution in [0.3, 0.4) is 0 Å². The summed E-state index contributed by atoms with van der Waals surface area (Å²) in [7, 11) is 0. The Labute approximate surface area is 160 Å². The zero-order valence-electron chi connectivity index (χ0n) is 15.6. The van der Waals surface area contributed by atoms with Gasteiger partial charge >= 0.3 is 0 Å². The Kier molecular flexibility index (Phi) is 6.51. The van der Waals surface area contributed by atoms with Crippen molar-refractivity contribution in [2.45, 2.75) is 44.8 Å². The fourth-order valence-electron chi connectivity index (χ4n) is 2.83. The lowest BCUT2D eigenvalue weighted by atomic mass is 10.1. The minimum atomic E-state index is 0.369. The molecule has 26 heavy (non-hydrogen) atoms. The van der Waals surface area contributed by atoms with Crippen LogP contribution in [-0.4, -0.2) is 21.9 Å². The zero-order chi connectivity index (χ0) is 18.4. The SMILES string of the molecule is C=C1N=C(CC)SC1Cc1ccc(OCCc2ccc(CC)cn2)cc1. The van der Waals surface area contributed by atoms with E-state index in [1.807, 2.05) is 30.1 Å². The molecule has 1 aromatic heterocycles. The number of aryl methyl sites for hydroxylation is 1. The molecule has 3 nitrogen and oxygen atoms in total. The first kappa shape index (κ1) is 18.7. The van der Waals surface area contributed by atoms with Gasteiger partial charge in [0.25, 0.3) is 0 Å². The molecule has 1 unspecified atom stereocenters. The molecule has 1 atom stereocenters. The molecule has 0 N–H and O–H groups in total. The van der Waals surface area contributed by atoms with Crippen LogP contribution in [-0.2, 0) is 19.3 Å². The lowest BCUT2D eigenvalue weighted by Crippen LogP contribution is -2.06. The number of aliphatic imine (C=N–C) groups is 1. The summed E-state index contributed by atoms with van der Waals surface area (Å²) >= 11 is 1.84. The molecule has 1 aromatic carbocycles. The summed E-state index contributed by atoms with van der Waals surface area (Å²) in [6.45, 7) is 9.01. The van der Waals surface area contributed by atoms with Crippen molar-refractivity contribution in [3.05, 3.63) is 71.7 Å². The second-order valence-electron chi connectivity index (χ2n) is 6.41. The second kappa shape index (κ2) is 9.04. The number of ether oxygens (including phenoxy) is 1. The molecule has 2 aromatic rings. The van der Waals surface area contributed by atoms with Gasteiger partial charge in [-0.1, -0.05) is 38.6 Å². The Balaban J connectivity index is 1.46. The molecule has 4 heteroatoms. The van der Waals surface area contributed by atoms with E-state index in [9.17, 15) is 0 Å². The molecule has 1 aliphatic heterocycles. The predicted molar refractivity (Wildman–Crippen MR) is 111 cm³/mol. The Hall–Kier alpha value is -2.07. The third-order valence-corrected chi connectivity index (χ3v) is 5.86. The Bertz CT molecular complexity index is 766. The predicted octanol–water partition coefficient (Wildman–Crippen LogP) is 5.25. The standard InChI is InChI=1S/C22H26N2OS/c1-4-17-6-9-19(23-15-17)12-13-25-20-10-7-18(8-11-20)14-21-16(3)24-22(5-2)26-21/h6-11,15,21H,3-5,12-14H2,1-2H3. The van der Waals surface area contributed by atoms with E-state index >= 15 is 0 Å². The average Bonchev–Trinajstić information content (AvgIpc) is 3.03. The van der Waals surface area contributed by atoms with Crippen molar-refractivity contribution in [3.8, 4) is 5.75 Å². The molecule has 0 spiro atoms. The normalized spacial score (nSPS) is 16.6. The molecule has 0 aliphatic carbocycles. The molecular formula is C22H26N2OS. The van der Waals surface area contributed by atoms with Crippen LogP contribution in [0.2, 0.25) is 0 Å². The van der Waals surface area contributed by atoms with Gasteiger partial charge < -0.3 is 4.74 Å². The van der Waals surface area contributed by atoms with Gasteiger partial charge in [-0.2, -0.15) is 0 Å². The van der Waals surface area contributed by atoms with Crippen LogP contribution in [0.5, 0.6) is 5.75 Å². The van der Waals surface area contributed by atoms with Crippen LogP contribution in [0.15, 0.2) is 59.9 Å². The van der Waals surface area contributed by atoms with Crippen LogP contribution in [0.25, 0.3) is 0 Å². The summed E-state index contributed by atoms with van der Waals surface area (Å²) in [5.74, 6) is 0.905. The summed E-state index contributed by atoms with van der Waals surface area (Å²) in [6, 6.07) is 12.6. The minimum absolute atomic E-state index is 0.369. The summed E-state index contributed by atoms with van der Waals surface area (Å²) < 4.78 is 5.86. The van der Waals surface area contributed by atoms with Gasteiger partial charge in [0.05, 0.1) is 16.9 Å². The average molecular weight is 367 g/mol. The van der Waals surface area contributed by atoms with E-state index in [1.165, 1.54) is 16.2 Å². The van der Waals surface area contributed by atoms with Crippen LogP contribution in [0.1, 0.15) is 37.1 Å². The van der Waals surface area contributed by atoms with Crippen molar-refractivity contribution in [3.63, 3.8) is 0 Å². The van der Waals surface area contributed by atoms with E-state index in [0.717, 1.165) is 42.8 Å². The lowest BCUT2D eigenvalue weighted by molar-refractivity contribution is 0.320. The summed E-state index contributed by atoms with van der Waals surface area (Å²) in [6.07, 6.45) is 5.75. The monoisotopic (exact) mass is 366 g/mol. The number of hydrogen-bond acceptors (Lipinski definition) is 4. The second-order valence-corrected chi connectivity index (χ2v) is 7.69. The molecule has 0 bridgehead atoms.